The second-order valence-electron chi connectivity index (χ2n) is 4.78. The third-order valence-corrected chi connectivity index (χ3v) is 6.23. The van der Waals surface area contributed by atoms with Gasteiger partial charge in [-0.1, -0.05) is 6.07 Å². The first-order valence-electron chi connectivity index (χ1n) is 5.36. The Balaban J connectivity index is 2.55. The van der Waals surface area contributed by atoms with E-state index in [0.717, 1.165) is 4.90 Å². The molecule has 1 N–H and O–H groups in total. The predicted molar refractivity (Wildman–Crippen MR) is 72.4 cm³/mol. The van der Waals surface area contributed by atoms with E-state index in [4.69, 9.17) is 0 Å². The van der Waals surface area contributed by atoms with Crippen molar-refractivity contribution in [3.05, 3.63) is 24.3 Å². The number of phenols is 1. The molecule has 3 nitrogen and oxygen atoms in total. The van der Waals surface area contributed by atoms with Gasteiger partial charge in [0.05, 0.1) is 10.5 Å². The summed E-state index contributed by atoms with van der Waals surface area (Å²) in [4.78, 5) is 0.883. The SMILES string of the molecule is CC(C)(C)S(=O)(=O)CCSc1cccc(O)c1. The normalized spacial score (nSPS) is 12.6. The molecule has 0 heterocycles. The average molecular weight is 274 g/mol. The molecule has 1 rings (SSSR count). The lowest BCUT2D eigenvalue weighted by atomic mass is 10.3. The lowest BCUT2D eigenvalue weighted by molar-refractivity contribution is 0.474. The van der Waals surface area contributed by atoms with E-state index in [9.17, 15) is 13.5 Å². The Labute approximate surface area is 107 Å². The van der Waals surface area contributed by atoms with Crippen LogP contribution in [0.2, 0.25) is 0 Å². The second kappa shape index (κ2) is 5.31. The van der Waals surface area contributed by atoms with Crippen molar-refractivity contribution in [2.45, 2.75) is 30.4 Å². The first-order chi connectivity index (χ1) is 7.72. The lowest BCUT2D eigenvalue weighted by Crippen LogP contribution is -2.31. The maximum atomic E-state index is 11.8. The fourth-order valence-corrected chi connectivity index (χ4v) is 3.59. The van der Waals surface area contributed by atoms with E-state index in [0.29, 0.717) is 5.75 Å². The molecule has 0 aliphatic carbocycles. The molecule has 0 amide bonds. The first-order valence-corrected chi connectivity index (χ1v) is 8.00. The van der Waals surface area contributed by atoms with Crippen LogP contribution >= 0.6 is 11.8 Å². The van der Waals surface area contributed by atoms with Gasteiger partial charge in [0.2, 0.25) is 0 Å². The summed E-state index contributed by atoms with van der Waals surface area (Å²) in [6, 6.07) is 6.83. The van der Waals surface area contributed by atoms with Crippen molar-refractivity contribution < 1.29 is 13.5 Å². The van der Waals surface area contributed by atoms with Crippen molar-refractivity contribution in [1.82, 2.24) is 0 Å². The second-order valence-corrected chi connectivity index (χ2v) is 8.81. The number of hydrogen-bond acceptors (Lipinski definition) is 4. The van der Waals surface area contributed by atoms with Crippen LogP contribution in [-0.4, -0.2) is 29.8 Å². The number of rotatable bonds is 4. The number of benzene rings is 1. The fraction of sp³-hybridized carbons (Fsp3) is 0.500. The maximum absolute atomic E-state index is 11.8. The molecular weight excluding hydrogens is 256 g/mol. The van der Waals surface area contributed by atoms with Gasteiger partial charge in [-0.15, -0.1) is 11.8 Å². The molecule has 17 heavy (non-hydrogen) atoms. The van der Waals surface area contributed by atoms with Crippen LogP contribution in [0.25, 0.3) is 0 Å². The van der Waals surface area contributed by atoms with Crippen molar-refractivity contribution in [2.24, 2.45) is 0 Å². The smallest absolute Gasteiger partial charge is 0.156 e. The summed E-state index contributed by atoms with van der Waals surface area (Å²) in [5.41, 5.74) is 0. The quantitative estimate of drug-likeness (QED) is 0.858. The zero-order chi connectivity index (χ0) is 13.1. The van der Waals surface area contributed by atoms with Gasteiger partial charge in [-0.05, 0) is 39.0 Å². The standard InChI is InChI=1S/C12H18O3S2/c1-12(2,3)17(14,15)8-7-16-11-6-4-5-10(13)9-11/h4-6,9,13H,7-8H2,1-3H3. The molecule has 0 spiro atoms. The van der Waals surface area contributed by atoms with E-state index >= 15 is 0 Å². The zero-order valence-electron chi connectivity index (χ0n) is 10.3. The highest BCUT2D eigenvalue weighted by atomic mass is 32.2. The van der Waals surface area contributed by atoms with Crippen molar-refractivity contribution in [3.8, 4) is 5.75 Å². The molecule has 1 aromatic rings. The summed E-state index contributed by atoms with van der Waals surface area (Å²) in [7, 11) is -3.06. The predicted octanol–water partition coefficient (Wildman–Crippen LogP) is 2.70. The van der Waals surface area contributed by atoms with Crippen molar-refractivity contribution in [1.29, 1.82) is 0 Å². The van der Waals surface area contributed by atoms with Crippen LogP contribution in [-0.2, 0) is 9.84 Å². The van der Waals surface area contributed by atoms with Gasteiger partial charge in [-0.3, -0.25) is 0 Å². The summed E-state index contributed by atoms with van der Waals surface area (Å²) >= 11 is 1.44. The van der Waals surface area contributed by atoms with E-state index in [-0.39, 0.29) is 11.5 Å². The molecule has 1 aromatic carbocycles. The van der Waals surface area contributed by atoms with Crippen LogP contribution in [0.15, 0.2) is 29.2 Å². The Morgan fingerprint density at radius 1 is 1.29 bits per heavy atom. The molecule has 96 valence electrons. The molecule has 0 saturated carbocycles. The van der Waals surface area contributed by atoms with Crippen molar-refractivity contribution in [3.63, 3.8) is 0 Å². The minimum Gasteiger partial charge on any atom is -0.508 e. The lowest BCUT2D eigenvalue weighted by Gasteiger charge is -2.18. The zero-order valence-corrected chi connectivity index (χ0v) is 11.9. The van der Waals surface area contributed by atoms with Crippen molar-refractivity contribution in [2.75, 3.05) is 11.5 Å². The first kappa shape index (κ1) is 14.4. The van der Waals surface area contributed by atoms with E-state index in [1.54, 1.807) is 39.0 Å². The van der Waals surface area contributed by atoms with E-state index in [1.807, 2.05) is 6.07 Å². The molecular formula is C12H18O3S2. The van der Waals surface area contributed by atoms with Gasteiger partial charge in [-0.25, -0.2) is 8.42 Å². The highest BCUT2D eigenvalue weighted by molar-refractivity contribution is 8.01. The van der Waals surface area contributed by atoms with Gasteiger partial charge in [0, 0.05) is 10.6 Å². The Morgan fingerprint density at radius 2 is 1.94 bits per heavy atom. The van der Waals surface area contributed by atoms with Gasteiger partial charge >= 0.3 is 0 Å². The van der Waals surface area contributed by atoms with Crippen molar-refractivity contribution >= 4 is 21.6 Å². The number of aromatic hydroxyl groups is 1. The molecule has 0 fully saturated rings. The fourth-order valence-electron chi connectivity index (χ4n) is 1.15. The highest BCUT2D eigenvalue weighted by Crippen LogP contribution is 2.24. The molecule has 0 saturated heterocycles. The third-order valence-electron chi connectivity index (χ3n) is 2.37. The van der Waals surface area contributed by atoms with E-state index < -0.39 is 14.6 Å². The minimum absolute atomic E-state index is 0.150. The van der Waals surface area contributed by atoms with Gasteiger partial charge in [-0.2, -0.15) is 0 Å². The van der Waals surface area contributed by atoms with Gasteiger partial charge in [0.1, 0.15) is 5.75 Å². The summed E-state index contributed by atoms with van der Waals surface area (Å²) in [6.45, 7) is 5.13. The van der Waals surface area contributed by atoms with Gasteiger partial charge in [0.15, 0.2) is 9.84 Å². The molecule has 0 radical (unpaired) electrons. The molecule has 0 unspecified atom stereocenters. The molecule has 0 aromatic heterocycles. The van der Waals surface area contributed by atoms with Crippen LogP contribution < -0.4 is 0 Å². The van der Waals surface area contributed by atoms with Crippen LogP contribution in [0.5, 0.6) is 5.75 Å². The minimum atomic E-state index is -3.06. The Morgan fingerprint density at radius 3 is 2.47 bits per heavy atom. The van der Waals surface area contributed by atoms with Crippen LogP contribution in [0, 0.1) is 0 Å². The average Bonchev–Trinajstić information content (AvgIpc) is 2.15. The Hall–Kier alpha value is -0.680. The summed E-state index contributed by atoms with van der Waals surface area (Å²) in [5.74, 6) is 0.855. The number of hydrogen-bond donors (Lipinski definition) is 1. The third kappa shape index (κ3) is 4.24. The molecule has 0 atom stereocenters. The van der Waals surface area contributed by atoms with Crippen LogP contribution in [0.4, 0.5) is 0 Å². The van der Waals surface area contributed by atoms with Gasteiger partial charge in [0.25, 0.3) is 0 Å². The van der Waals surface area contributed by atoms with E-state index in [2.05, 4.69) is 0 Å². The Bertz CT molecular complexity index is 473. The van der Waals surface area contributed by atoms with Crippen LogP contribution in [0.1, 0.15) is 20.8 Å². The topological polar surface area (TPSA) is 54.4 Å². The maximum Gasteiger partial charge on any atom is 0.156 e. The monoisotopic (exact) mass is 274 g/mol. The largest absolute Gasteiger partial charge is 0.508 e. The van der Waals surface area contributed by atoms with E-state index in [1.165, 1.54) is 11.8 Å². The summed E-state index contributed by atoms with van der Waals surface area (Å²) < 4.78 is 23.0. The highest BCUT2D eigenvalue weighted by Gasteiger charge is 2.28. The van der Waals surface area contributed by atoms with Gasteiger partial charge < -0.3 is 5.11 Å². The summed E-state index contributed by atoms with van der Waals surface area (Å²) in [6.07, 6.45) is 0. The summed E-state index contributed by atoms with van der Waals surface area (Å²) in [5, 5.41) is 9.27. The molecule has 0 aliphatic heterocycles. The Kier molecular flexibility index (Phi) is 4.49. The molecule has 0 aliphatic rings. The molecule has 5 heteroatoms. The number of phenolic OH excluding ortho intramolecular Hbond substituents is 1. The van der Waals surface area contributed by atoms with Crippen LogP contribution in [0.3, 0.4) is 0 Å². The number of thioether (sulfide) groups is 1. The number of sulfone groups is 1. The molecule has 0 bridgehead atoms.